The Hall–Kier alpha value is -1.58. The van der Waals surface area contributed by atoms with Crippen LogP contribution in [0.2, 0.25) is 0 Å². The Kier molecular flexibility index (Phi) is 4.77. The summed E-state index contributed by atoms with van der Waals surface area (Å²) >= 11 is 0. The molecule has 0 bridgehead atoms. The van der Waals surface area contributed by atoms with Crippen molar-refractivity contribution in [2.75, 3.05) is 6.61 Å². The predicted molar refractivity (Wildman–Crippen MR) is 70.0 cm³/mol. The molecule has 1 aliphatic rings. The molecule has 1 aliphatic carbocycles. The van der Waals surface area contributed by atoms with Gasteiger partial charge in [0.05, 0.1) is 6.61 Å². The van der Waals surface area contributed by atoms with Crippen molar-refractivity contribution in [3.8, 4) is 5.75 Å². The highest BCUT2D eigenvalue weighted by Crippen LogP contribution is 2.27. The lowest BCUT2D eigenvalue weighted by atomic mass is 9.87. The van der Waals surface area contributed by atoms with Crippen LogP contribution in [0.25, 0.3) is 0 Å². The minimum Gasteiger partial charge on any atom is -0.493 e. The van der Waals surface area contributed by atoms with Crippen LogP contribution in [0.4, 0.5) is 4.39 Å². The van der Waals surface area contributed by atoms with Crippen molar-refractivity contribution >= 4 is 5.97 Å². The fourth-order valence-corrected chi connectivity index (χ4v) is 2.60. The maximum atomic E-state index is 13.1. The van der Waals surface area contributed by atoms with Crippen LogP contribution in [0, 0.1) is 11.7 Å². The zero-order valence-corrected chi connectivity index (χ0v) is 10.9. The van der Waals surface area contributed by atoms with Crippen molar-refractivity contribution < 1.29 is 19.0 Å². The normalized spacial score (nSPS) is 16.3. The Labute approximate surface area is 112 Å². The number of ether oxygens (including phenoxy) is 1. The third kappa shape index (κ3) is 3.94. The second-order valence-electron chi connectivity index (χ2n) is 5.09. The van der Waals surface area contributed by atoms with Crippen LogP contribution in [0.15, 0.2) is 18.2 Å². The van der Waals surface area contributed by atoms with E-state index >= 15 is 0 Å². The molecule has 0 amide bonds. The molecule has 19 heavy (non-hydrogen) atoms. The molecule has 0 radical (unpaired) electrons. The first-order chi connectivity index (χ1) is 9.16. The number of aromatic carboxylic acids is 1. The number of benzene rings is 1. The largest absolute Gasteiger partial charge is 0.493 e. The molecule has 1 aromatic carbocycles. The quantitative estimate of drug-likeness (QED) is 0.879. The van der Waals surface area contributed by atoms with Gasteiger partial charge in [-0.1, -0.05) is 32.1 Å². The molecule has 1 saturated carbocycles. The van der Waals surface area contributed by atoms with Gasteiger partial charge in [-0.15, -0.1) is 0 Å². The summed E-state index contributed by atoms with van der Waals surface area (Å²) in [6, 6.07) is 3.52. The van der Waals surface area contributed by atoms with Crippen LogP contribution in [0.1, 0.15) is 48.9 Å². The van der Waals surface area contributed by atoms with Gasteiger partial charge in [0.15, 0.2) is 0 Å². The molecule has 1 aromatic rings. The molecule has 104 valence electrons. The Morgan fingerprint density at radius 3 is 2.74 bits per heavy atom. The number of carboxylic acid groups (broad SMARTS) is 1. The van der Waals surface area contributed by atoms with Crippen molar-refractivity contribution in [1.29, 1.82) is 0 Å². The molecule has 0 spiro atoms. The lowest BCUT2D eigenvalue weighted by molar-refractivity contribution is 0.0691. The SMILES string of the molecule is O=C(O)c1ccc(F)cc1OCCC1CCCCC1. The molecule has 0 saturated heterocycles. The predicted octanol–water partition coefficient (Wildman–Crippen LogP) is 3.87. The van der Waals surface area contributed by atoms with Crippen molar-refractivity contribution in [2.45, 2.75) is 38.5 Å². The number of rotatable bonds is 5. The highest BCUT2D eigenvalue weighted by Gasteiger charge is 2.15. The van der Waals surface area contributed by atoms with Crippen LogP contribution in [-0.2, 0) is 0 Å². The molecule has 0 aliphatic heterocycles. The van der Waals surface area contributed by atoms with Gasteiger partial charge in [0, 0.05) is 6.07 Å². The molecule has 3 nitrogen and oxygen atoms in total. The second kappa shape index (κ2) is 6.55. The number of halogens is 1. The van der Waals surface area contributed by atoms with Gasteiger partial charge in [0.1, 0.15) is 17.1 Å². The zero-order valence-electron chi connectivity index (χ0n) is 10.9. The van der Waals surface area contributed by atoms with Gasteiger partial charge in [0.25, 0.3) is 0 Å². The van der Waals surface area contributed by atoms with E-state index < -0.39 is 11.8 Å². The Morgan fingerprint density at radius 1 is 1.32 bits per heavy atom. The standard InChI is InChI=1S/C15H19FO3/c16-12-6-7-13(15(17)18)14(10-12)19-9-8-11-4-2-1-3-5-11/h6-7,10-11H,1-5,8-9H2,(H,17,18). The summed E-state index contributed by atoms with van der Waals surface area (Å²) in [5, 5.41) is 9.00. The molecular weight excluding hydrogens is 247 g/mol. The number of hydrogen-bond acceptors (Lipinski definition) is 2. The van der Waals surface area contributed by atoms with Crippen LogP contribution >= 0.6 is 0 Å². The number of hydrogen-bond donors (Lipinski definition) is 1. The van der Waals surface area contributed by atoms with Gasteiger partial charge in [0.2, 0.25) is 0 Å². The van der Waals surface area contributed by atoms with Crippen molar-refractivity contribution in [3.63, 3.8) is 0 Å². The van der Waals surface area contributed by atoms with Gasteiger partial charge in [-0.3, -0.25) is 0 Å². The van der Waals surface area contributed by atoms with Crippen LogP contribution < -0.4 is 4.74 Å². The van der Waals surface area contributed by atoms with Crippen molar-refractivity contribution in [1.82, 2.24) is 0 Å². The Balaban J connectivity index is 1.91. The van der Waals surface area contributed by atoms with Crippen LogP contribution in [0.3, 0.4) is 0 Å². The molecule has 0 unspecified atom stereocenters. The van der Waals surface area contributed by atoms with Crippen LogP contribution in [0.5, 0.6) is 5.75 Å². The molecule has 0 aromatic heterocycles. The third-order valence-electron chi connectivity index (χ3n) is 3.68. The number of carboxylic acids is 1. The van der Waals surface area contributed by atoms with E-state index in [0.29, 0.717) is 12.5 Å². The van der Waals surface area contributed by atoms with Gasteiger partial charge in [-0.05, 0) is 24.5 Å². The lowest BCUT2D eigenvalue weighted by Crippen LogP contribution is -2.12. The fraction of sp³-hybridized carbons (Fsp3) is 0.533. The summed E-state index contributed by atoms with van der Waals surface area (Å²) in [6.07, 6.45) is 7.20. The molecule has 1 N–H and O–H groups in total. The number of carbonyl (C=O) groups is 1. The molecule has 1 fully saturated rings. The minimum atomic E-state index is -1.09. The molecule has 2 rings (SSSR count). The highest BCUT2D eigenvalue weighted by atomic mass is 19.1. The highest BCUT2D eigenvalue weighted by molar-refractivity contribution is 5.90. The maximum absolute atomic E-state index is 13.1. The molecule has 0 heterocycles. The molecule has 4 heteroatoms. The molecule has 0 atom stereocenters. The summed E-state index contributed by atoms with van der Waals surface area (Å²) in [6.45, 7) is 0.453. The Morgan fingerprint density at radius 2 is 2.05 bits per heavy atom. The van der Waals surface area contributed by atoms with Gasteiger partial charge in [-0.2, -0.15) is 0 Å². The summed E-state index contributed by atoms with van der Waals surface area (Å²) in [5.74, 6) is -0.774. The molecular formula is C15H19FO3. The average Bonchev–Trinajstić information content (AvgIpc) is 2.39. The van der Waals surface area contributed by atoms with E-state index in [2.05, 4.69) is 0 Å². The zero-order chi connectivity index (χ0) is 13.7. The lowest BCUT2D eigenvalue weighted by Gasteiger charge is -2.21. The second-order valence-corrected chi connectivity index (χ2v) is 5.09. The van der Waals surface area contributed by atoms with E-state index in [4.69, 9.17) is 9.84 Å². The average molecular weight is 266 g/mol. The topological polar surface area (TPSA) is 46.5 Å². The first kappa shape index (κ1) is 13.8. The van der Waals surface area contributed by atoms with Gasteiger partial charge in [-0.25, -0.2) is 9.18 Å². The minimum absolute atomic E-state index is 0.0186. The van der Waals surface area contributed by atoms with E-state index in [0.717, 1.165) is 18.6 Å². The summed E-state index contributed by atoms with van der Waals surface area (Å²) in [4.78, 5) is 11.0. The van der Waals surface area contributed by atoms with E-state index in [1.807, 2.05) is 0 Å². The van der Waals surface area contributed by atoms with E-state index in [-0.39, 0.29) is 11.3 Å². The summed E-state index contributed by atoms with van der Waals surface area (Å²) in [5.41, 5.74) is 0.0186. The van der Waals surface area contributed by atoms with Crippen molar-refractivity contribution in [3.05, 3.63) is 29.6 Å². The first-order valence-corrected chi connectivity index (χ1v) is 6.82. The summed E-state index contributed by atoms with van der Waals surface area (Å²) in [7, 11) is 0. The smallest absolute Gasteiger partial charge is 0.339 e. The van der Waals surface area contributed by atoms with Gasteiger partial charge >= 0.3 is 5.97 Å². The third-order valence-corrected chi connectivity index (χ3v) is 3.68. The monoisotopic (exact) mass is 266 g/mol. The first-order valence-electron chi connectivity index (χ1n) is 6.82. The summed E-state index contributed by atoms with van der Waals surface area (Å²) < 4.78 is 18.6. The van der Waals surface area contributed by atoms with E-state index in [9.17, 15) is 9.18 Å². The maximum Gasteiger partial charge on any atom is 0.339 e. The van der Waals surface area contributed by atoms with Crippen LogP contribution in [-0.4, -0.2) is 17.7 Å². The fourth-order valence-electron chi connectivity index (χ4n) is 2.60. The van der Waals surface area contributed by atoms with E-state index in [1.165, 1.54) is 38.2 Å². The van der Waals surface area contributed by atoms with Crippen molar-refractivity contribution in [2.24, 2.45) is 5.92 Å². The van der Waals surface area contributed by atoms with Gasteiger partial charge < -0.3 is 9.84 Å². The van der Waals surface area contributed by atoms with E-state index in [1.54, 1.807) is 0 Å². The Bertz CT molecular complexity index is 439.